The van der Waals surface area contributed by atoms with Crippen LogP contribution in [0.15, 0.2) is 60.7 Å². The lowest BCUT2D eigenvalue weighted by Gasteiger charge is -2.31. The van der Waals surface area contributed by atoms with Gasteiger partial charge in [-0.05, 0) is 54.8 Å². The standard InChI is InChI=1S/C30H36N2O6/c1-4-16-37-24-9-6-22(7-10-24)27-26(28(33)23-8-11-25(21(3)20-23)38-17-5-2)29(34)30(35)32(27)13-12-31-14-18-36-19-15-31/h5-11,20,27,33H,2,4,12-19H2,1,3H3/b28-26+. The highest BCUT2D eigenvalue weighted by Gasteiger charge is 2.46. The summed E-state index contributed by atoms with van der Waals surface area (Å²) in [6.45, 7) is 12.3. The summed E-state index contributed by atoms with van der Waals surface area (Å²) in [5.74, 6) is -0.130. The number of Topliss-reactive ketones (excluding diaryl/α,β-unsaturated/α-hetero) is 1. The van der Waals surface area contributed by atoms with Gasteiger partial charge in [0, 0.05) is 31.7 Å². The van der Waals surface area contributed by atoms with E-state index in [1.165, 1.54) is 0 Å². The molecule has 0 aromatic heterocycles. The van der Waals surface area contributed by atoms with Crippen molar-refractivity contribution in [3.05, 3.63) is 77.4 Å². The summed E-state index contributed by atoms with van der Waals surface area (Å²) in [6.07, 6.45) is 2.55. The highest BCUT2D eigenvalue weighted by Crippen LogP contribution is 2.40. The van der Waals surface area contributed by atoms with Gasteiger partial charge in [-0.2, -0.15) is 0 Å². The fourth-order valence-electron chi connectivity index (χ4n) is 4.76. The molecule has 1 N–H and O–H groups in total. The van der Waals surface area contributed by atoms with Gasteiger partial charge in [0.2, 0.25) is 0 Å². The van der Waals surface area contributed by atoms with Crippen molar-refractivity contribution in [3.8, 4) is 11.5 Å². The number of morpholine rings is 1. The Balaban J connectivity index is 1.70. The Hall–Kier alpha value is -3.62. The molecule has 0 saturated carbocycles. The molecule has 2 heterocycles. The van der Waals surface area contributed by atoms with Crippen LogP contribution in [0.3, 0.4) is 0 Å². The molecule has 8 nitrogen and oxygen atoms in total. The van der Waals surface area contributed by atoms with E-state index in [2.05, 4.69) is 11.5 Å². The Morgan fingerprint density at radius 2 is 1.84 bits per heavy atom. The molecule has 202 valence electrons. The van der Waals surface area contributed by atoms with E-state index < -0.39 is 17.7 Å². The van der Waals surface area contributed by atoms with Crippen LogP contribution in [0.2, 0.25) is 0 Å². The number of hydrogen-bond donors (Lipinski definition) is 1. The van der Waals surface area contributed by atoms with E-state index in [9.17, 15) is 14.7 Å². The number of ketones is 1. The molecular weight excluding hydrogens is 484 g/mol. The van der Waals surface area contributed by atoms with Gasteiger partial charge in [0.15, 0.2) is 0 Å². The average Bonchev–Trinajstić information content (AvgIpc) is 3.19. The van der Waals surface area contributed by atoms with Crippen LogP contribution < -0.4 is 9.47 Å². The molecule has 1 amide bonds. The van der Waals surface area contributed by atoms with E-state index in [1.807, 2.05) is 38.1 Å². The molecule has 0 radical (unpaired) electrons. The highest BCUT2D eigenvalue weighted by atomic mass is 16.5. The first-order valence-corrected chi connectivity index (χ1v) is 13.1. The molecule has 0 aliphatic carbocycles. The third-order valence-electron chi connectivity index (χ3n) is 6.77. The number of nitrogens with zero attached hydrogens (tertiary/aromatic N) is 2. The minimum absolute atomic E-state index is 0.0818. The fourth-order valence-corrected chi connectivity index (χ4v) is 4.76. The highest BCUT2D eigenvalue weighted by molar-refractivity contribution is 6.46. The summed E-state index contributed by atoms with van der Waals surface area (Å²) in [5.41, 5.74) is 2.07. The second-order valence-corrected chi connectivity index (χ2v) is 9.44. The molecule has 1 unspecified atom stereocenters. The molecular formula is C30H36N2O6. The van der Waals surface area contributed by atoms with Crippen LogP contribution in [0.1, 0.15) is 36.1 Å². The van der Waals surface area contributed by atoms with Gasteiger partial charge in [0.1, 0.15) is 23.9 Å². The van der Waals surface area contributed by atoms with Crippen LogP contribution in [-0.4, -0.2) is 79.2 Å². The SMILES string of the molecule is C=CCOc1ccc(/C(O)=C2\C(=O)C(=O)N(CCN3CCOCC3)C2c2ccc(OCCC)cc2)cc1C. The number of hydrogen-bond acceptors (Lipinski definition) is 7. The zero-order chi connectivity index (χ0) is 27.1. The second-order valence-electron chi connectivity index (χ2n) is 9.44. The van der Waals surface area contributed by atoms with E-state index in [0.717, 1.165) is 30.6 Å². The molecule has 2 aliphatic rings. The maximum absolute atomic E-state index is 13.4. The molecule has 2 aromatic carbocycles. The first-order valence-electron chi connectivity index (χ1n) is 13.1. The largest absolute Gasteiger partial charge is 0.507 e. The van der Waals surface area contributed by atoms with Crippen LogP contribution in [0, 0.1) is 6.92 Å². The maximum Gasteiger partial charge on any atom is 0.295 e. The number of aryl methyl sites for hydroxylation is 1. The number of carbonyl (C=O) groups is 2. The lowest BCUT2D eigenvalue weighted by Crippen LogP contribution is -2.42. The van der Waals surface area contributed by atoms with Gasteiger partial charge in [-0.25, -0.2) is 0 Å². The number of ether oxygens (including phenoxy) is 3. The summed E-state index contributed by atoms with van der Waals surface area (Å²) in [7, 11) is 0. The van der Waals surface area contributed by atoms with Gasteiger partial charge < -0.3 is 24.2 Å². The topological polar surface area (TPSA) is 88.5 Å². The van der Waals surface area contributed by atoms with Crippen LogP contribution in [0.4, 0.5) is 0 Å². The molecule has 2 aliphatic heterocycles. The zero-order valence-corrected chi connectivity index (χ0v) is 22.2. The summed E-state index contributed by atoms with van der Waals surface area (Å²) < 4.78 is 16.8. The van der Waals surface area contributed by atoms with Gasteiger partial charge in [-0.15, -0.1) is 0 Å². The molecule has 0 spiro atoms. The lowest BCUT2D eigenvalue weighted by atomic mass is 9.94. The van der Waals surface area contributed by atoms with Crippen LogP contribution >= 0.6 is 0 Å². The van der Waals surface area contributed by atoms with E-state index in [1.54, 1.807) is 29.2 Å². The monoisotopic (exact) mass is 520 g/mol. The van der Waals surface area contributed by atoms with Crippen molar-refractivity contribution in [2.75, 3.05) is 52.6 Å². The van der Waals surface area contributed by atoms with E-state index in [-0.39, 0.29) is 11.3 Å². The Labute approximate surface area is 224 Å². The zero-order valence-electron chi connectivity index (χ0n) is 22.2. The molecule has 8 heteroatoms. The van der Waals surface area contributed by atoms with Crippen LogP contribution in [0.5, 0.6) is 11.5 Å². The molecule has 1 atom stereocenters. The predicted molar refractivity (Wildman–Crippen MR) is 145 cm³/mol. The smallest absolute Gasteiger partial charge is 0.295 e. The molecule has 4 rings (SSSR count). The summed E-state index contributed by atoms with van der Waals surface area (Å²) in [6, 6.07) is 11.9. The van der Waals surface area contributed by atoms with Crippen LogP contribution in [-0.2, 0) is 14.3 Å². The number of aliphatic hydroxyl groups is 1. The van der Waals surface area contributed by atoms with E-state index in [4.69, 9.17) is 14.2 Å². The number of carbonyl (C=O) groups excluding carboxylic acids is 2. The number of rotatable bonds is 11. The molecule has 38 heavy (non-hydrogen) atoms. The molecule has 0 bridgehead atoms. The van der Waals surface area contributed by atoms with E-state index >= 15 is 0 Å². The summed E-state index contributed by atoms with van der Waals surface area (Å²) in [4.78, 5) is 30.4. The fraction of sp³-hybridized carbons (Fsp3) is 0.400. The molecule has 2 aromatic rings. The predicted octanol–water partition coefficient (Wildman–Crippen LogP) is 4.10. The first kappa shape index (κ1) is 27.4. The number of likely N-dealkylation sites (tertiary alicyclic amines) is 1. The third kappa shape index (κ3) is 6.09. The average molecular weight is 521 g/mol. The second kappa shape index (κ2) is 12.8. The maximum atomic E-state index is 13.4. The molecule has 2 fully saturated rings. The Morgan fingerprint density at radius 3 is 2.50 bits per heavy atom. The van der Waals surface area contributed by atoms with Gasteiger partial charge in [0.25, 0.3) is 11.7 Å². The van der Waals surface area contributed by atoms with E-state index in [0.29, 0.717) is 56.6 Å². The minimum atomic E-state index is -0.715. The van der Waals surface area contributed by atoms with Crippen molar-refractivity contribution in [3.63, 3.8) is 0 Å². The van der Waals surface area contributed by atoms with Crippen molar-refractivity contribution in [2.24, 2.45) is 0 Å². The van der Waals surface area contributed by atoms with Crippen molar-refractivity contribution in [2.45, 2.75) is 26.3 Å². The quantitative estimate of drug-likeness (QED) is 0.207. The van der Waals surface area contributed by atoms with Gasteiger partial charge in [-0.1, -0.05) is 31.7 Å². The number of benzene rings is 2. The van der Waals surface area contributed by atoms with Gasteiger partial charge >= 0.3 is 0 Å². The summed E-state index contributed by atoms with van der Waals surface area (Å²) in [5, 5.41) is 11.4. The van der Waals surface area contributed by atoms with Crippen molar-refractivity contribution < 1.29 is 28.9 Å². The minimum Gasteiger partial charge on any atom is -0.507 e. The third-order valence-corrected chi connectivity index (χ3v) is 6.77. The number of aliphatic hydroxyl groups excluding tert-OH is 1. The summed E-state index contributed by atoms with van der Waals surface area (Å²) >= 11 is 0. The van der Waals surface area contributed by atoms with Gasteiger partial charge in [-0.3, -0.25) is 14.5 Å². The number of amides is 1. The normalized spacial score (nSPS) is 19.5. The first-order chi connectivity index (χ1) is 18.4. The van der Waals surface area contributed by atoms with Crippen molar-refractivity contribution in [1.29, 1.82) is 0 Å². The van der Waals surface area contributed by atoms with Crippen molar-refractivity contribution >= 4 is 17.4 Å². The molecule has 2 saturated heterocycles. The Kier molecular flexibility index (Phi) is 9.20. The lowest BCUT2D eigenvalue weighted by molar-refractivity contribution is -0.140. The van der Waals surface area contributed by atoms with Crippen LogP contribution in [0.25, 0.3) is 5.76 Å². The Morgan fingerprint density at radius 1 is 1.11 bits per heavy atom. The Bertz CT molecular complexity index is 1180. The van der Waals surface area contributed by atoms with Gasteiger partial charge in [0.05, 0.1) is 31.4 Å². The van der Waals surface area contributed by atoms with Crippen molar-refractivity contribution in [1.82, 2.24) is 9.80 Å².